The third-order valence-electron chi connectivity index (χ3n) is 6.05. The minimum Gasteiger partial charge on any atom is -0.444 e. The van der Waals surface area contributed by atoms with Gasteiger partial charge in [0.05, 0.1) is 6.42 Å². The Bertz CT molecular complexity index is 1240. The Morgan fingerprint density at radius 2 is 1.69 bits per heavy atom. The lowest BCUT2D eigenvalue weighted by Gasteiger charge is -2.38. The van der Waals surface area contributed by atoms with Gasteiger partial charge in [0.1, 0.15) is 17.7 Å². The van der Waals surface area contributed by atoms with Crippen molar-refractivity contribution in [2.75, 3.05) is 5.32 Å². The van der Waals surface area contributed by atoms with E-state index < -0.39 is 54.0 Å². The predicted molar refractivity (Wildman–Crippen MR) is 150 cm³/mol. The van der Waals surface area contributed by atoms with Crippen molar-refractivity contribution >= 4 is 29.5 Å². The average molecular weight is 535 g/mol. The highest BCUT2D eigenvalue weighted by Crippen LogP contribution is 2.30. The van der Waals surface area contributed by atoms with Crippen LogP contribution in [0.15, 0.2) is 48.5 Å². The van der Waals surface area contributed by atoms with Crippen LogP contribution in [-0.4, -0.2) is 46.4 Å². The molecule has 9 heteroatoms. The normalized spacial score (nSPS) is 13.3. The second-order valence-electron chi connectivity index (χ2n) is 10.3. The maximum absolute atomic E-state index is 14.1. The number of amides is 4. The van der Waals surface area contributed by atoms with Gasteiger partial charge >= 0.3 is 6.09 Å². The number of terminal acetylenes is 1. The lowest BCUT2D eigenvalue weighted by Crippen LogP contribution is -2.55. The number of hydrogen-bond acceptors (Lipinski definition) is 5. The summed E-state index contributed by atoms with van der Waals surface area (Å²) in [6.07, 6.45) is 4.86. The highest BCUT2D eigenvalue weighted by Gasteiger charge is 2.40. The van der Waals surface area contributed by atoms with Crippen molar-refractivity contribution in [1.82, 2.24) is 10.2 Å². The molecule has 0 saturated carbocycles. The molecule has 3 unspecified atom stereocenters. The zero-order valence-electron chi connectivity index (χ0n) is 23.4. The molecule has 0 aromatic heterocycles. The molecule has 0 heterocycles. The molecule has 0 fully saturated rings. The van der Waals surface area contributed by atoms with E-state index in [4.69, 9.17) is 16.9 Å². The van der Waals surface area contributed by atoms with Gasteiger partial charge in [0.15, 0.2) is 0 Å². The van der Waals surface area contributed by atoms with E-state index in [1.807, 2.05) is 26.0 Å². The molecule has 4 N–H and O–H groups in total. The number of carbonyl (C=O) groups is 4. The van der Waals surface area contributed by atoms with Gasteiger partial charge in [-0.15, -0.1) is 6.42 Å². The molecule has 0 aliphatic carbocycles. The summed E-state index contributed by atoms with van der Waals surface area (Å²) >= 11 is 0. The quantitative estimate of drug-likeness (QED) is 0.396. The maximum Gasteiger partial charge on any atom is 0.408 e. The van der Waals surface area contributed by atoms with Crippen LogP contribution in [0.5, 0.6) is 0 Å². The molecule has 2 rings (SSSR count). The van der Waals surface area contributed by atoms with Gasteiger partial charge in [-0.05, 0) is 64.3 Å². The zero-order chi connectivity index (χ0) is 29.3. The molecule has 0 radical (unpaired) electrons. The summed E-state index contributed by atoms with van der Waals surface area (Å²) in [5.41, 5.74) is 6.85. The van der Waals surface area contributed by atoms with E-state index in [0.29, 0.717) is 23.2 Å². The number of aryl methyl sites for hydroxylation is 1. The van der Waals surface area contributed by atoms with Crippen LogP contribution in [0.4, 0.5) is 10.5 Å². The van der Waals surface area contributed by atoms with Crippen LogP contribution in [0.25, 0.3) is 0 Å². The Labute approximate surface area is 230 Å². The van der Waals surface area contributed by atoms with Gasteiger partial charge in [-0.1, -0.05) is 49.2 Å². The molecule has 9 nitrogen and oxygen atoms in total. The summed E-state index contributed by atoms with van der Waals surface area (Å²) in [5, 5.41) is 5.39. The molecule has 208 valence electrons. The first-order valence-electron chi connectivity index (χ1n) is 12.8. The molecule has 0 bridgehead atoms. The van der Waals surface area contributed by atoms with E-state index in [2.05, 4.69) is 16.6 Å². The van der Waals surface area contributed by atoms with Gasteiger partial charge in [0.25, 0.3) is 5.91 Å². The van der Waals surface area contributed by atoms with Crippen LogP contribution in [0.2, 0.25) is 0 Å². The van der Waals surface area contributed by atoms with Crippen LogP contribution in [0.3, 0.4) is 0 Å². The van der Waals surface area contributed by atoms with E-state index in [-0.39, 0.29) is 0 Å². The average Bonchev–Trinajstić information content (AvgIpc) is 2.85. The lowest BCUT2D eigenvalue weighted by atomic mass is 9.95. The van der Waals surface area contributed by atoms with Gasteiger partial charge in [-0.25, -0.2) is 4.79 Å². The maximum atomic E-state index is 14.1. The number of carbonyl (C=O) groups excluding carboxylic acids is 4. The molecule has 4 amide bonds. The Hall–Kier alpha value is -4.32. The summed E-state index contributed by atoms with van der Waals surface area (Å²) in [6.45, 7) is 10.5. The Morgan fingerprint density at radius 1 is 1.08 bits per heavy atom. The van der Waals surface area contributed by atoms with Gasteiger partial charge < -0.3 is 26.0 Å². The smallest absolute Gasteiger partial charge is 0.408 e. The standard InChI is InChI=1S/C30H38N4O5/c1-8-20(4)34(28(37)24(18-25(31)35)33-29(38)39-30(5,6)7)26(22-16-12-11-15-21(22)9-2)27(36)32-23-17-13-10-14-19(23)3/h2,10-17,20,24,26H,8,18H2,1,3-7H3,(H2,31,35)(H,32,36)(H,33,38). The molecular weight excluding hydrogens is 496 g/mol. The highest BCUT2D eigenvalue weighted by molar-refractivity contribution is 6.00. The van der Waals surface area contributed by atoms with E-state index in [0.717, 1.165) is 5.56 Å². The Balaban J connectivity index is 2.65. The largest absolute Gasteiger partial charge is 0.444 e. The second-order valence-corrected chi connectivity index (χ2v) is 10.3. The van der Waals surface area contributed by atoms with E-state index in [1.54, 1.807) is 64.1 Å². The molecule has 0 spiro atoms. The number of benzene rings is 2. The fourth-order valence-electron chi connectivity index (χ4n) is 4.03. The second kappa shape index (κ2) is 13.5. The fraction of sp³-hybridized carbons (Fsp3) is 0.400. The van der Waals surface area contributed by atoms with Crippen LogP contribution < -0.4 is 16.4 Å². The number of hydrogen-bond donors (Lipinski definition) is 3. The zero-order valence-corrected chi connectivity index (χ0v) is 23.4. The minimum atomic E-state index is -1.38. The van der Waals surface area contributed by atoms with Gasteiger partial charge in [-0.3, -0.25) is 14.4 Å². The third-order valence-corrected chi connectivity index (χ3v) is 6.05. The summed E-state index contributed by atoms with van der Waals surface area (Å²) in [7, 11) is 0. The minimum absolute atomic E-state index is 0.426. The number of ether oxygens (including phenoxy) is 1. The number of para-hydroxylation sites is 1. The third kappa shape index (κ3) is 8.60. The van der Waals surface area contributed by atoms with Crippen molar-refractivity contribution in [3.05, 3.63) is 65.2 Å². The Morgan fingerprint density at radius 3 is 2.26 bits per heavy atom. The topological polar surface area (TPSA) is 131 Å². The molecule has 39 heavy (non-hydrogen) atoms. The van der Waals surface area contributed by atoms with Crippen LogP contribution in [-0.2, 0) is 19.1 Å². The fourth-order valence-corrected chi connectivity index (χ4v) is 4.03. The SMILES string of the molecule is C#Cc1ccccc1C(C(=O)Nc1ccccc1C)N(C(=O)C(CC(N)=O)NC(=O)OC(C)(C)C)C(C)CC. The molecule has 0 aliphatic heterocycles. The lowest BCUT2D eigenvalue weighted by molar-refractivity contribution is -0.144. The van der Waals surface area contributed by atoms with Crippen molar-refractivity contribution < 1.29 is 23.9 Å². The van der Waals surface area contributed by atoms with Gasteiger partial charge in [-0.2, -0.15) is 0 Å². The van der Waals surface area contributed by atoms with Crippen LogP contribution in [0, 0.1) is 19.3 Å². The summed E-state index contributed by atoms with van der Waals surface area (Å²) in [6, 6.07) is 11.0. The Kier molecular flexibility index (Phi) is 10.7. The molecule has 0 aliphatic rings. The number of nitrogens with zero attached hydrogens (tertiary/aromatic N) is 1. The number of primary amides is 1. The monoisotopic (exact) mass is 534 g/mol. The predicted octanol–water partition coefficient (Wildman–Crippen LogP) is 4.05. The van der Waals surface area contributed by atoms with Crippen molar-refractivity contribution in [3.8, 4) is 12.3 Å². The molecule has 2 aromatic rings. The first-order chi connectivity index (χ1) is 18.3. The first-order valence-corrected chi connectivity index (χ1v) is 12.8. The van der Waals surface area contributed by atoms with Crippen molar-refractivity contribution in [2.24, 2.45) is 5.73 Å². The number of nitrogens with one attached hydrogen (secondary N) is 2. The number of alkyl carbamates (subject to hydrolysis) is 1. The number of rotatable bonds is 10. The molecule has 3 atom stereocenters. The first kappa shape index (κ1) is 30.9. The van der Waals surface area contributed by atoms with Crippen molar-refractivity contribution in [1.29, 1.82) is 0 Å². The summed E-state index contributed by atoms with van der Waals surface area (Å²) < 4.78 is 5.31. The molecular formula is C30H38N4O5. The van der Waals surface area contributed by atoms with E-state index in [9.17, 15) is 19.2 Å². The van der Waals surface area contributed by atoms with E-state index in [1.165, 1.54) is 4.90 Å². The van der Waals surface area contributed by atoms with Crippen LogP contribution >= 0.6 is 0 Å². The molecule has 0 saturated heterocycles. The number of anilines is 1. The van der Waals surface area contributed by atoms with E-state index >= 15 is 0 Å². The van der Waals surface area contributed by atoms with Gasteiger partial charge in [0, 0.05) is 17.3 Å². The molecule has 2 aromatic carbocycles. The summed E-state index contributed by atoms with van der Waals surface area (Å²) in [5.74, 6) is 0.608. The summed E-state index contributed by atoms with van der Waals surface area (Å²) in [4.78, 5) is 54.0. The van der Waals surface area contributed by atoms with Crippen LogP contribution in [0.1, 0.15) is 70.2 Å². The highest BCUT2D eigenvalue weighted by atomic mass is 16.6. The number of nitrogens with two attached hydrogens (primary N) is 1. The van der Waals surface area contributed by atoms with Crippen molar-refractivity contribution in [3.63, 3.8) is 0 Å². The van der Waals surface area contributed by atoms with Crippen molar-refractivity contribution in [2.45, 2.75) is 78.1 Å². The van der Waals surface area contributed by atoms with Gasteiger partial charge in [0.2, 0.25) is 11.8 Å².